The molecule has 1 rings (SSSR count). The fraction of sp³-hybridized carbons (Fsp3) is 0.600. The summed E-state index contributed by atoms with van der Waals surface area (Å²) in [4.78, 5) is 20.9. The highest BCUT2D eigenvalue weighted by Gasteiger charge is 2.79. The molecule has 0 aromatic rings. The van der Waals surface area contributed by atoms with Crippen LogP contribution in [0.15, 0.2) is 0 Å². The van der Waals surface area contributed by atoms with Crippen LogP contribution in [0.2, 0.25) is 0 Å². The molecule has 1 aliphatic heterocycles. The molecule has 0 aromatic heterocycles. The van der Waals surface area contributed by atoms with Gasteiger partial charge in [-0.3, -0.25) is 10.1 Å². The second kappa shape index (κ2) is 2.76. The Kier molecular flexibility index (Phi) is 2.14. The van der Waals surface area contributed by atoms with Gasteiger partial charge in [-0.2, -0.15) is 26.3 Å². The topological polar surface area (TPSA) is 58.2 Å². The summed E-state index contributed by atoms with van der Waals surface area (Å²) < 4.78 is 72.8. The van der Waals surface area contributed by atoms with Crippen molar-refractivity contribution in [1.82, 2.24) is 10.6 Å². The zero-order chi connectivity index (χ0) is 12.1. The average molecular weight is 236 g/mol. The van der Waals surface area contributed by atoms with E-state index in [1.165, 1.54) is 0 Å². The predicted octanol–water partition coefficient (Wildman–Crippen LogP) is 0.689. The lowest BCUT2D eigenvalue weighted by molar-refractivity contribution is -0.288. The van der Waals surface area contributed by atoms with Crippen molar-refractivity contribution >= 4 is 11.9 Å². The van der Waals surface area contributed by atoms with Crippen molar-refractivity contribution in [3.63, 3.8) is 0 Å². The SMILES string of the molecule is O=C1NC(=O)C(C(F)(F)F)(C(F)(F)F)N1. The van der Waals surface area contributed by atoms with E-state index in [9.17, 15) is 35.9 Å². The van der Waals surface area contributed by atoms with Crippen LogP contribution in [0, 0.1) is 0 Å². The van der Waals surface area contributed by atoms with E-state index in [-0.39, 0.29) is 0 Å². The number of rotatable bonds is 0. The van der Waals surface area contributed by atoms with Crippen molar-refractivity contribution < 1.29 is 35.9 Å². The first kappa shape index (κ1) is 11.6. The van der Waals surface area contributed by atoms with Crippen LogP contribution >= 0.6 is 0 Å². The molecular formula is C5H2F6N2O2. The monoisotopic (exact) mass is 236 g/mol. The van der Waals surface area contributed by atoms with E-state index in [4.69, 9.17) is 0 Å². The minimum atomic E-state index is -5.96. The van der Waals surface area contributed by atoms with Gasteiger partial charge in [-0.25, -0.2) is 4.79 Å². The first-order valence-corrected chi connectivity index (χ1v) is 3.29. The normalized spacial score (nSPS) is 21.2. The Bertz CT molecular complexity index is 304. The first-order valence-electron chi connectivity index (χ1n) is 3.29. The Balaban J connectivity index is 3.33. The van der Waals surface area contributed by atoms with Crippen molar-refractivity contribution in [3.8, 4) is 0 Å². The van der Waals surface area contributed by atoms with Crippen LogP contribution < -0.4 is 10.6 Å². The molecule has 15 heavy (non-hydrogen) atoms. The van der Waals surface area contributed by atoms with Gasteiger partial charge in [0, 0.05) is 0 Å². The number of carbonyl (C=O) groups excluding carboxylic acids is 2. The average Bonchev–Trinajstić information content (AvgIpc) is 2.23. The van der Waals surface area contributed by atoms with Crippen molar-refractivity contribution in [2.75, 3.05) is 0 Å². The Morgan fingerprint density at radius 3 is 1.47 bits per heavy atom. The number of urea groups is 1. The lowest BCUT2D eigenvalue weighted by Gasteiger charge is -2.30. The van der Waals surface area contributed by atoms with Gasteiger partial charge in [0.15, 0.2) is 0 Å². The quantitative estimate of drug-likeness (QED) is 0.480. The molecule has 0 atom stereocenters. The molecule has 0 spiro atoms. The van der Waals surface area contributed by atoms with Crippen LogP contribution in [0.3, 0.4) is 0 Å². The van der Waals surface area contributed by atoms with Gasteiger partial charge in [-0.15, -0.1) is 0 Å². The highest BCUT2D eigenvalue weighted by atomic mass is 19.4. The number of carbonyl (C=O) groups is 2. The summed E-state index contributed by atoms with van der Waals surface area (Å²) in [5.74, 6) is -2.48. The van der Waals surface area contributed by atoms with Crippen LogP contribution in [0.1, 0.15) is 0 Å². The minimum absolute atomic E-state index is 0.547. The molecule has 4 nitrogen and oxygen atoms in total. The lowest BCUT2D eigenvalue weighted by atomic mass is 9.99. The van der Waals surface area contributed by atoms with Gasteiger partial charge in [-0.05, 0) is 0 Å². The zero-order valence-corrected chi connectivity index (χ0v) is 6.58. The molecule has 1 saturated heterocycles. The van der Waals surface area contributed by atoms with Crippen LogP contribution in [0.4, 0.5) is 31.1 Å². The molecule has 1 aliphatic rings. The molecule has 0 aromatic carbocycles. The fourth-order valence-electron chi connectivity index (χ4n) is 1.02. The highest BCUT2D eigenvalue weighted by Crippen LogP contribution is 2.44. The number of hydrogen-bond acceptors (Lipinski definition) is 2. The second-order valence-corrected chi connectivity index (χ2v) is 2.65. The van der Waals surface area contributed by atoms with Crippen molar-refractivity contribution in [2.45, 2.75) is 17.9 Å². The smallest absolute Gasteiger partial charge is 0.308 e. The number of alkyl halides is 6. The number of imide groups is 1. The maximum absolute atomic E-state index is 12.1. The summed E-state index contributed by atoms with van der Waals surface area (Å²) in [6.07, 6.45) is -11.9. The number of amides is 3. The van der Waals surface area contributed by atoms with E-state index in [2.05, 4.69) is 0 Å². The second-order valence-electron chi connectivity index (χ2n) is 2.65. The van der Waals surface area contributed by atoms with Gasteiger partial charge in [0.1, 0.15) is 0 Å². The zero-order valence-electron chi connectivity index (χ0n) is 6.58. The van der Waals surface area contributed by atoms with Crippen molar-refractivity contribution in [1.29, 1.82) is 0 Å². The summed E-state index contributed by atoms with van der Waals surface area (Å²) in [5.41, 5.74) is -4.85. The fourth-order valence-corrected chi connectivity index (χ4v) is 1.02. The molecular weight excluding hydrogens is 234 g/mol. The number of halogens is 6. The van der Waals surface area contributed by atoms with E-state index >= 15 is 0 Å². The molecule has 2 N–H and O–H groups in total. The standard InChI is InChI=1S/C5H2F6N2O2/c6-4(7,8)3(5(9,10)11)1(14)12-2(15)13-3/h(H2,12,13,14,15). The number of nitrogens with one attached hydrogen (secondary N) is 2. The Morgan fingerprint density at radius 1 is 0.933 bits per heavy atom. The van der Waals surface area contributed by atoms with E-state index in [0.29, 0.717) is 5.32 Å². The van der Waals surface area contributed by atoms with Crippen molar-refractivity contribution in [2.24, 2.45) is 0 Å². The molecule has 0 aliphatic carbocycles. The van der Waals surface area contributed by atoms with E-state index in [1.54, 1.807) is 0 Å². The summed E-state index contributed by atoms with van der Waals surface area (Å²) in [6.45, 7) is 0. The largest absolute Gasteiger partial charge is 0.429 e. The molecule has 10 heteroatoms. The maximum atomic E-state index is 12.1. The van der Waals surface area contributed by atoms with Gasteiger partial charge in [-0.1, -0.05) is 0 Å². The third-order valence-corrected chi connectivity index (χ3v) is 1.72. The van der Waals surface area contributed by atoms with Gasteiger partial charge < -0.3 is 5.32 Å². The van der Waals surface area contributed by atoms with Crippen LogP contribution in [-0.2, 0) is 4.79 Å². The molecule has 86 valence electrons. The van der Waals surface area contributed by atoms with E-state index < -0.39 is 29.8 Å². The third kappa shape index (κ3) is 1.39. The Hall–Kier alpha value is -1.48. The minimum Gasteiger partial charge on any atom is -0.308 e. The summed E-state index contributed by atoms with van der Waals surface area (Å²) >= 11 is 0. The summed E-state index contributed by atoms with van der Waals surface area (Å²) in [5, 5.41) is 1.44. The Morgan fingerprint density at radius 2 is 1.33 bits per heavy atom. The molecule has 3 amide bonds. The first-order chi connectivity index (χ1) is 6.52. The highest BCUT2D eigenvalue weighted by molar-refractivity contribution is 6.08. The molecule has 0 radical (unpaired) electrons. The lowest BCUT2D eigenvalue weighted by Crippen LogP contribution is -2.67. The van der Waals surface area contributed by atoms with E-state index in [1.807, 2.05) is 0 Å². The molecule has 0 unspecified atom stereocenters. The molecule has 1 heterocycles. The summed E-state index contributed by atoms with van der Waals surface area (Å²) in [7, 11) is 0. The van der Waals surface area contributed by atoms with Crippen LogP contribution in [0.5, 0.6) is 0 Å². The predicted molar refractivity (Wildman–Crippen MR) is 31.5 cm³/mol. The molecule has 0 saturated carbocycles. The maximum Gasteiger partial charge on any atom is 0.429 e. The van der Waals surface area contributed by atoms with Gasteiger partial charge in [0.05, 0.1) is 0 Å². The molecule has 0 bridgehead atoms. The van der Waals surface area contributed by atoms with Crippen molar-refractivity contribution in [3.05, 3.63) is 0 Å². The van der Waals surface area contributed by atoms with Crippen LogP contribution in [-0.4, -0.2) is 29.8 Å². The van der Waals surface area contributed by atoms with Crippen LogP contribution in [0.25, 0.3) is 0 Å². The molecule has 1 fully saturated rings. The van der Waals surface area contributed by atoms with Gasteiger partial charge in [0.2, 0.25) is 0 Å². The summed E-state index contributed by atoms with van der Waals surface area (Å²) in [6, 6.07) is -1.84. The van der Waals surface area contributed by atoms with Gasteiger partial charge >= 0.3 is 23.9 Å². The third-order valence-electron chi connectivity index (χ3n) is 1.72. The number of hydrogen-bond donors (Lipinski definition) is 2. The Labute approximate surface area is 77.6 Å². The van der Waals surface area contributed by atoms with E-state index in [0.717, 1.165) is 5.32 Å². The van der Waals surface area contributed by atoms with Gasteiger partial charge in [0.25, 0.3) is 5.91 Å².